The Morgan fingerprint density at radius 1 is 1.12 bits per heavy atom. The van der Waals surface area contributed by atoms with Gasteiger partial charge in [-0.15, -0.1) is 0 Å². The molecule has 0 atom stereocenters. The lowest BCUT2D eigenvalue weighted by Crippen LogP contribution is -2.29. The Labute approximate surface area is 163 Å². The summed E-state index contributed by atoms with van der Waals surface area (Å²) in [7, 11) is 1.62. The summed E-state index contributed by atoms with van der Waals surface area (Å²) in [4.78, 5) is 14.6. The summed E-state index contributed by atoms with van der Waals surface area (Å²) in [5.74, 6) is 0.556. The van der Waals surface area contributed by atoms with Crippen molar-refractivity contribution in [2.24, 2.45) is 0 Å². The van der Waals surface area contributed by atoms with Gasteiger partial charge in [0, 0.05) is 40.6 Å². The van der Waals surface area contributed by atoms with Gasteiger partial charge in [0.05, 0.1) is 7.11 Å². The Morgan fingerprint density at radius 3 is 2.54 bits per heavy atom. The van der Waals surface area contributed by atoms with Gasteiger partial charge in [-0.05, 0) is 67.8 Å². The summed E-state index contributed by atoms with van der Waals surface area (Å²) in [6.45, 7) is 2.23. The van der Waals surface area contributed by atoms with Crippen LogP contribution in [0.5, 0.6) is 5.75 Å². The molecule has 0 bridgehead atoms. The van der Waals surface area contributed by atoms with Crippen molar-refractivity contribution in [1.82, 2.24) is 0 Å². The molecule has 1 aliphatic rings. The predicted molar refractivity (Wildman–Crippen MR) is 111 cm³/mol. The molecule has 2 aromatic rings. The number of benzene rings is 2. The molecule has 1 amide bonds. The number of nitrogens with one attached hydrogen (secondary N) is 1. The first-order valence-electron chi connectivity index (χ1n) is 8.83. The monoisotopic (exact) mass is 414 g/mol. The van der Waals surface area contributed by atoms with Gasteiger partial charge in [0.1, 0.15) is 5.75 Å². The maximum absolute atomic E-state index is 12.2. The zero-order valence-electron chi connectivity index (χ0n) is 14.9. The lowest BCUT2D eigenvalue weighted by molar-refractivity contribution is -0.111. The SMILES string of the molecule is COc1ccc(Br)cc1/C=C/C(=O)Nc1ccc(N2CCCCC2)cc1. The molecule has 1 fully saturated rings. The maximum atomic E-state index is 12.2. The molecule has 1 aliphatic heterocycles. The van der Waals surface area contributed by atoms with Crippen LogP contribution in [0.4, 0.5) is 11.4 Å². The fraction of sp³-hybridized carbons (Fsp3) is 0.286. The molecule has 0 aromatic heterocycles. The molecule has 0 saturated carbocycles. The van der Waals surface area contributed by atoms with E-state index in [4.69, 9.17) is 4.74 Å². The van der Waals surface area contributed by atoms with Crippen LogP contribution in [0.1, 0.15) is 24.8 Å². The zero-order chi connectivity index (χ0) is 18.4. The summed E-state index contributed by atoms with van der Waals surface area (Å²) in [6.07, 6.45) is 7.09. The summed E-state index contributed by atoms with van der Waals surface area (Å²) >= 11 is 3.43. The van der Waals surface area contributed by atoms with Crippen LogP contribution in [0.25, 0.3) is 6.08 Å². The third kappa shape index (κ3) is 4.88. The van der Waals surface area contributed by atoms with Crippen LogP contribution in [0.3, 0.4) is 0 Å². The van der Waals surface area contributed by atoms with E-state index in [-0.39, 0.29) is 5.91 Å². The van der Waals surface area contributed by atoms with Gasteiger partial charge in [-0.2, -0.15) is 0 Å². The van der Waals surface area contributed by atoms with E-state index in [1.807, 2.05) is 30.3 Å². The molecule has 2 aromatic carbocycles. The van der Waals surface area contributed by atoms with Crippen LogP contribution in [-0.4, -0.2) is 26.1 Å². The van der Waals surface area contributed by atoms with Gasteiger partial charge in [0.2, 0.25) is 5.91 Å². The number of nitrogens with zero attached hydrogens (tertiary/aromatic N) is 1. The summed E-state index contributed by atoms with van der Waals surface area (Å²) in [5.41, 5.74) is 2.86. The average molecular weight is 415 g/mol. The molecule has 136 valence electrons. The number of hydrogen-bond donors (Lipinski definition) is 1. The number of halogens is 1. The normalized spacial score (nSPS) is 14.5. The van der Waals surface area contributed by atoms with Crippen molar-refractivity contribution in [2.45, 2.75) is 19.3 Å². The zero-order valence-corrected chi connectivity index (χ0v) is 16.5. The highest BCUT2D eigenvalue weighted by Gasteiger charge is 2.10. The largest absolute Gasteiger partial charge is 0.496 e. The number of hydrogen-bond acceptors (Lipinski definition) is 3. The first kappa shape index (κ1) is 18.5. The summed E-state index contributed by atoms with van der Waals surface area (Å²) in [5, 5.41) is 2.90. The second-order valence-electron chi connectivity index (χ2n) is 6.30. The van der Waals surface area contributed by atoms with Gasteiger partial charge in [-0.25, -0.2) is 0 Å². The van der Waals surface area contributed by atoms with Gasteiger partial charge in [0.25, 0.3) is 0 Å². The van der Waals surface area contributed by atoms with Crippen LogP contribution in [-0.2, 0) is 4.79 Å². The fourth-order valence-electron chi connectivity index (χ4n) is 3.09. The van der Waals surface area contributed by atoms with Crippen molar-refractivity contribution < 1.29 is 9.53 Å². The van der Waals surface area contributed by atoms with Gasteiger partial charge in [0.15, 0.2) is 0 Å². The second kappa shape index (κ2) is 8.90. The molecule has 26 heavy (non-hydrogen) atoms. The maximum Gasteiger partial charge on any atom is 0.248 e. The molecule has 1 heterocycles. The summed E-state index contributed by atoms with van der Waals surface area (Å²) < 4.78 is 6.25. The molecule has 1 saturated heterocycles. The van der Waals surface area contributed by atoms with Crippen molar-refractivity contribution in [1.29, 1.82) is 0 Å². The highest BCUT2D eigenvalue weighted by atomic mass is 79.9. The van der Waals surface area contributed by atoms with Gasteiger partial charge < -0.3 is 15.0 Å². The molecule has 0 aliphatic carbocycles. The van der Waals surface area contributed by atoms with E-state index in [2.05, 4.69) is 38.3 Å². The minimum absolute atomic E-state index is 0.169. The van der Waals surface area contributed by atoms with Crippen molar-refractivity contribution in [2.75, 3.05) is 30.4 Å². The molecule has 5 heteroatoms. The van der Waals surface area contributed by atoms with E-state index < -0.39 is 0 Å². The van der Waals surface area contributed by atoms with E-state index in [0.29, 0.717) is 0 Å². The van der Waals surface area contributed by atoms with Gasteiger partial charge in [-0.1, -0.05) is 15.9 Å². The standard InChI is InChI=1S/C21H23BrN2O2/c1-26-20-11-6-17(22)15-16(20)5-12-21(25)23-18-7-9-19(10-8-18)24-13-3-2-4-14-24/h5-12,15H,2-4,13-14H2,1H3,(H,23,25)/b12-5+. The van der Waals surface area contributed by atoms with E-state index in [9.17, 15) is 4.79 Å². The molecule has 0 radical (unpaired) electrons. The fourth-order valence-corrected chi connectivity index (χ4v) is 3.47. The van der Waals surface area contributed by atoms with Crippen LogP contribution < -0.4 is 15.0 Å². The smallest absolute Gasteiger partial charge is 0.248 e. The molecule has 1 N–H and O–H groups in total. The molecule has 0 unspecified atom stereocenters. The van der Waals surface area contributed by atoms with E-state index in [1.165, 1.54) is 31.0 Å². The van der Waals surface area contributed by atoms with Crippen LogP contribution in [0.15, 0.2) is 53.0 Å². The van der Waals surface area contributed by atoms with Crippen LogP contribution in [0.2, 0.25) is 0 Å². The van der Waals surface area contributed by atoms with Gasteiger partial charge in [-0.3, -0.25) is 4.79 Å². The highest BCUT2D eigenvalue weighted by molar-refractivity contribution is 9.10. The van der Waals surface area contributed by atoms with Crippen LogP contribution >= 0.6 is 15.9 Å². The Morgan fingerprint density at radius 2 is 1.85 bits per heavy atom. The number of carbonyl (C=O) groups excluding carboxylic acids is 1. The number of ether oxygens (including phenoxy) is 1. The topological polar surface area (TPSA) is 41.6 Å². The van der Waals surface area contributed by atoms with Crippen molar-refractivity contribution >= 4 is 39.3 Å². The average Bonchev–Trinajstić information content (AvgIpc) is 2.68. The van der Waals surface area contributed by atoms with E-state index in [1.54, 1.807) is 13.2 Å². The van der Waals surface area contributed by atoms with Crippen molar-refractivity contribution in [3.63, 3.8) is 0 Å². The number of rotatable bonds is 5. The van der Waals surface area contributed by atoms with Crippen molar-refractivity contribution in [3.8, 4) is 5.75 Å². The third-order valence-electron chi connectivity index (χ3n) is 4.46. The lowest BCUT2D eigenvalue weighted by atomic mass is 10.1. The summed E-state index contributed by atoms with van der Waals surface area (Å²) in [6, 6.07) is 13.7. The van der Waals surface area contributed by atoms with E-state index in [0.717, 1.165) is 34.6 Å². The molecule has 0 spiro atoms. The second-order valence-corrected chi connectivity index (χ2v) is 7.22. The minimum Gasteiger partial charge on any atom is -0.496 e. The Balaban J connectivity index is 1.62. The highest BCUT2D eigenvalue weighted by Crippen LogP contribution is 2.24. The lowest BCUT2D eigenvalue weighted by Gasteiger charge is -2.28. The quantitative estimate of drug-likeness (QED) is 0.691. The molecule has 3 rings (SSSR count). The number of carbonyl (C=O) groups is 1. The Hall–Kier alpha value is -2.27. The van der Waals surface area contributed by atoms with Gasteiger partial charge >= 0.3 is 0 Å². The predicted octanol–water partition coefficient (Wildman–Crippen LogP) is 5.10. The number of anilines is 2. The number of piperidine rings is 1. The van der Waals surface area contributed by atoms with E-state index >= 15 is 0 Å². The van der Waals surface area contributed by atoms with Crippen LogP contribution in [0, 0.1) is 0 Å². The third-order valence-corrected chi connectivity index (χ3v) is 4.96. The number of methoxy groups -OCH3 is 1. The molecular formula is C21H23BrN2O2. The minimum atomic E-state index is -0.169. The Bertz CT molecular complexity index is 781. The molecular weight excluding hydrogens is 392 g/mol. The van der Waals surface area contributed by atoms with Crippen molar-refractivity contribution in [3.05, 3.63) is 58.6 Å². The number of amides is 1. The Kier molecular flexibility index (Phi) is 6.34. The first-order chi connectivity index (χ1) is 12.7. The first-order valence-corrected chi connectivity index (χ1v) is 9.62. The molecule has 4 nitrogen and oxygen atoms in total.